The Kier molecular flexibility index (Phi) is 7.62. The van der Waals surface area contributed by atoms with Crippen LogP contribution in [0, 0.1) is 6.92 Å². The molecule has 0 aliphatic rings. The number of carbonyl (C=O) groups excluding carboxylic acids is 1. The van der Waals surface area contributed by atoms with E-state index in [0.29, 0.717) is 23.4 Å². The molecule has 26 heavy (non-hydrogen) atoms. The van der Waals surface area contributed by atoms with E-state index in [1.165, 1.54) is 24.3 Å². The summed E-state index contributed by atoms with van der Waals surface area (Å²) >= 11 is 0. The molecule has 2 aromatic carbocycles. The lowest BCUT2D eigenvalue weighted by Crippen LogP contribution is -2.32. The van der Waals surface area contributed by atoms with Gasteiger partial charge in [-0.3, -0.25) is 4.79 Å². The molecule has 0 aromatic heterocycles. The zero-order valence-electron chi connectivity index (χ0n) is 14.9. The first-order chi connectivity index (χ1) is 11.7. The van der Waals surface area contributed by atoms with Crippen molar-refractivity contribution in [2.45, 2.75) is 38.1 Å². The summed E-state index contributed by atoms with van der Waals surface area (Å²) in [5.74, 6) is -0.326. The number of halogens is 1. The maximum atomic E-state index is 12.3. The van der Waals surface area contributed by atoms with Crippen LogP contribution >= 0.6 is 12.4 Å². The van der Waals surface area contributed by atoms with Gasteiger partial charge in [-0.15, -0.1) is 12.4 Å². The Balaban J connectivity index is 0.00000338. The number of anilines is 2. The zero-order chi connectivity index (χ0) is 18.6. The van der Waals surface area contributed by atoms with Crippen molar-refractivity contribution < 1.29 is 13.2 Å². The Bertz CT molecular complexity index is 868. The van der Waals surface area contributed by atoms with Gasteiger partial charge in [0.15, 0.2) is 0 Å². The van der Waals surface area contributed by atoms with E-state index in [1.54, 1.807) is 19.1 Å². The first-order valence-corrected chi connectivity index (χ1v) is 9.51. The Morgan fingerprint density at radius 1 is 1.15 bits per heavy atom. The predicted octanol–water partition coefficient (Wildman–Crippen LogP) is 3.33. The molecule has 6 nitrogen and oxygen atoms in total. The summed E-state index contributed by atoms with van der Waals surface area (Å²) < 4.78 is 27.0. The normalized spacial score (nSPS) is 12.1. The number of amides is 1. The van der Waals surface area contributed by atoms with Gasteiger partial charge in [0.2, 0.25) is 10.0 Å². The highest BCUT2D eigenvalue weighted by Crippen LogP contribution is 2.19. The number of hydrogen-bond donors (Lipinski definition) is 3. The Hall–Kier alpha value is -2.09. The van der Waals surface area contributed by atoms with Crippen LogP contribution in [0.4, 0.5) is 11.4 Å². The van der Waals surface area contributed by atoms with Crippen molar-refractivity contribution in [1.82, 2.24) is 4.72 Å². The third-order valence-corrected chi connectivity index (χ3v) is 5.51. The lowest BCUT2D eigenvalue weighted by Gasteiger charge is -2.13. The van der Waals surface area contributed by atoms with E-state index < -0.39 is 10.0 Å². The molecule has 1 amide bonds. The second kappa shape index (κ2) is 9.02. The van der Waals surface area contributed by atoms with E-state index in [9.17, 15) is 13.2 Å². The maximum Gasteiger partial charge on any atom is 0.255 e. The third-order valence-electron chi connectivity index (χ3n) is 3.91. The first kappa shape index (κ1) is 22.0. The SMILES string of the molecule is CCC(C)NS(=O)(=O)c1ccc(C(=O)Nc2cc(N)ccc2C)cc1.Cl. The summed E-state index contributed by atoms with van der Waals surface area (Å²) in [5, 5.41) is 2.78. The summed E-state index contributed by atoms with van der Waals surface area (Å²) in [7, 11) is -3.58. The Labute approximate surface area is 160 Å². The number of sulfonamides is 1. The topological polar surface area (TPSA) is 101 Å². The molecule has 0 aliphatic carbocycles. The molecular weight excluding hydrogens is 374 g/mol. The number of aryl methyl sites for hydroxylation is 1. The fraction of sp³-hybridized carbons (Fsp3) is 0.278. The molecule has 142 valence electrons. The lowest BCUT2D eigenvalue weighted by atomic mass is 10.1. The summed E-state index contributed by atoms with van der Waals surface area (Å²) in [6.07, 6.45) is 0.694. The van der Waals surface area contributed by atoms with E-state index in [1.807, 2.05) is 19.9 Å². The molecule has 0 aliphatic heterocycles. The van der Waals surface area contributed by atoms with E-state index in [0.717, 1.165) is 5.56 Å². The van der Waals surface area contributed by atoms with Crippen LogP contribution < -0.4 is 15.8 Å². The van der Waals surface area contributed by atoms with Crippen molar-refractivity contribution in [2.24, 2.45) is 0 Å². The highest BCUT2D eigenvalue weighted by molar-refractivity contribution is 7.89. The summed E-state index contributed by atoms with van der Waals surface area (Å²) in [6, 6.07) is 10.9. The number of carbonyl (C=O) groups is 1. The average Bonchev–Trinajstić information content (AvgIpc) is 2.57. The number of benzene rings is 2. The van der Waals surface area contributed by atoms with E-state index in [2.05, 4.69) is 10.0 Å². The number of hydrogen-bond acceptors (Lipinski definition) is 4. The Morgan fingerprint density at radius 2 is 1.77 bits per heavy atom. The first-order valence-electron chi connectivity index (χ1n) is 8.03. The number of rotatable bonds is 6. The smallest absolute Gasteiger partial charge is 0.255 e. The van der Waals surface area contributed by atoms with Gasteiger partial charge in [-0.05, 0) is 62.2 Å². The molecule has 0 heterocycles. The zero-order valence-corrected chi connectivity index (χ0v) is 16.6. The van der Waals surface area contributed by atoms with Crippen molar-refractivity contribution in [2.75, 3.05) is 11.1 Å². The molecule has 1 atom stereocenters. The maximum absolute atomic E-state index is 12.3. The summed E-state index contributed by atoms with van der Waals surface area (Å²) in [6.45, 7) is 5.57. The molecule has 2 rings (SSSR count). The number of nitrogens with two attached hydrogens (primary N) is 1. The van der Waals surface area contributed by atoms with Crippen LogP contribution in [0.25, 0.3) is 0 Å². The molecule has 4 N–H and O–H groups in total. The molecule has 0 saturated heterocycles. The minimum Gasteiger partial charge on any atom is -0.399 e. The fourth-order valence-electron chi connectivity index (χ4n) is 2.17. The highest BCUT2D eigenvalue weighted by Gasteiger charge is 2.17. The van der Waals surface area contributed by atoms with Crippen LogP contribution in [-0.2, 0) is 10.0 Å². The molecular formula is C18H24ClN3O3S. The van der Waals surface area contributed by atoms with Crippen LogP contribution in [0.15, 0.2) is 47.4 Å². The fourth-order valence-corrected chi connectivity index (χ4v) is 3.50. The minimum atomic E-state index is -3.58. The molecule has 1 unspecified atom stereocenters. The molecule has 0 radical (unpaired) electrons. The second-order valence-electron chi connectivity index (χ2n) is 5.98. The van der Waals surface area contributed by atoms with E-state index in [-0.39, 0.29) is 29.3 Å². The quantitative estimate of drug-likeness (QED) is 0.650. The standard InChI is InChI=1S/C18H23N3O3S.ClH/c1-4-13(3)21-25(23,24)16-9-6-14(7-10-16)18(22)20-17-11-15(19)8-5-12(17)2;/h5-11,13,21H,4,19H2,1-3H3,(H,20,22);1H. The van der Waals surface area contributed by atoms with Crippen LogP contribution in [0.2, 0.25) is 0 Å². The van der Waals surface area contributed by atoms with Gasteiger partial charge in [0.05, 0.1) is 4.90 Å². The minimum absolute atomic E-state index is 0. The van der Waals surface area contributed by atoms with Gasteiger partial charge in [0.1, 0.15) is 0 Å². The van der Waals surface area contributed by atoms with Crippen LogP contribution in [-0.4, -0.2) is 20.4 Å². The van der Waals surface area contributed by atoms with Gasteiger partial charge in [-0.2, -0.15) is 0 Å². The molecule has 0 saturated carbocycles. The van der Waals surface area contributed by atoms with Crippen molar-refractivity contribution in [3.05, 3.63) is 53.6 Å². The van der Waals surface area contributed by atoms with Crippen molar-refractivity contribution >= 4 is 39.7 Å². The van der Waals surface area contributed by atoms with Gasteiger partial charge in [-0.25, -0.2) is 13.1 Å². The average molecular weight is 398 g/mol. The van der Waals surface area contributed by atoms with Gasteiger partial charge in [-0.1, -0.05) is 13.0 Å². The van der Waals surface area contributed by atoms with Gasteiger partial charge < -0.3 is 11.1 Å². The molecule has 0 fully saturated rings. The number of nitrogens with one attached hydrogen (secondary N) is 2. The van der Waals surface area contributed by atoms with Crippen molar-refractivity contribution in [1.29, 1.82) is 0 Å². The summed E-state index contributed by atoms with van der Waals surface area (Å²) in [5.41, 5.74) is 8.17. The van der Waals surface area contributed by atoms with Crippen molar-refractivity contribution in [3.63, 3.8) is 0 Å². The molecule has 0 spiro atoms. The van der Waals surface area contributed by atoms with Crippen LogP contribution in [0.3, 0.4) is 0 Å². The second-order valence-corrected chi connectivity index (χ2v) is 7.70. The highest BCUT2D eigenvalue weighted by atomic mass is 35.5. The third kappa shape index (κ3) is 5.45. The van der Waals surface area contributed by atoms with Crippen LogP contribution in [0.1, 0.15) is 36.2 Å². The van der Waals surface area contributed by atoms with E-state index >= 15 is 0 Å². The predicted molar refractivity (Wildman–Crippen MR) is 107 cm³/mol. The summed E-state index contributed by atoms with van der Waals surface area (Å²) in [4.78, 5) is 12.5. The van der Waals surface area contributed by atoms with Crippen molar-refractivity contribution in [3.8, 4) is 0 Å². The molecule has 8 heteroatoms. The largest absolute Gasteiger partial charge is 0.399 e. The van der Waals surface area contributed by atoms with Gasteiger partial charge >= 0.3 is 0 Å². The Morgan fingerprint density at radius 3 is 2.35 bits per heavy atom. The molecule has 2 aromatic rings. The number of nitrogen functional groups attached to an aromatic ring is 1. The van der Waals surface area contributed by atoms with E-state index in [4.69, 9.17) is 5.73 Å². The van der Waals surface area contributed by atoms with Crippen LogP contribution in [0.5, 0.6) is 0 Å². The molecule has 0 bridgehead atoms. The lowest BCUT2D eigenvalue weighted by molar-refractivity contribution is 0.102. The van der Waals surface area contributed by atoms with Gasteiger partial charge in [0.25, 0.3) is 5.91 Å². The van der Waals surface area contributed by atoms with Gasteiger partial charge in [0, 0.05) is 23.0 Å². The monoisotopic (exact) mass is 397 g/mol.